The molecule has 28 heavy (non-hydrogen) atoms. The van der Waals surface area contributed by atoms with Crippen molar-refractivity contribution in [2.45, 2.75) is 32.4 Å². The number of rotatable bonds is 7. The molecule has 1 amide bonds. The Labute approximate surface area is 162 Å². The molecule has 0 spiro atoms. The van der Waals surface area contributed by atoms with Gasteiger partial charge in [-0.2, -0.15) is 0 Å². The number of methoxy groups -OCH3 is 2. The molecule has 0 aliphatic rings. The Morgan fingerprint density at radius 2 is 1.96 bits per heavy atom. The van der Waals surface area contributed by atoms with Gasteiger partial charge in [0.25, 0.3) is 5.56 Å². The second kappa shape index (κ2) is 8.26. The zero-order valence-corrected chi connectivity index (χ0v) is 16.4. The summed E-state index contributed by atoms with van der Waals surface area (Å²) in [6.07, 6.45) is 1.25. The number of benzene rings is 1. The summed E-state index contributed by atoms with van der Waals surface area (Å²) in [5, 5.41) is 5.73. The first-order valence-electron chi connectivity index (χ1n) is 8.96. The minimum atomic E-state index is -0.332. The van der Waals surface area contributed by atoms with Crippen molar-refractivity contribution >= 4 is 11.6 Å². The van der Waals surface area contributed by atoms with Crippen molar-refractivity contribution in [3.63, 3.8) is 0 Å². The number of hydrogen-bond donors (Lipinski definition) is 2. The summed E-state index contributed by atoms with van der Waals surface area (Å²) >= 11 is 0. The van der Waals surface area contributed by atoms with E-state index in [9.17, 15) is 9.59 Å². The molecule has 0 fully saturated rings. The van der Waals surface area contributed by atoms with Crippen molar-refractivity contribution < 1.29 is 14.3 Å². The zero-order valence-electron chi connectivity index (χ0n) is 16.4. The van der Waals surface area contributed by atoms with Gasteiger partial charge in [0.2, 0.25) is 5.91 Å². The minimum absolute atomic E-state index is 0.0526. The third kappa shape index (κ3) is 3.91. The lowest BCUT2D eigenvalue weighted by Gasteiger charge is -2.24. The maximum Gasteiger partial charge on any atom is 0.276 e. The summed E-state index contributed by atoms with van der Waals surface area (Å²) in [6.45, 7) is 3.60. The molecule has 1 aromatic carbocycles. The highest BCUT2D eigenvalue weighted by molar-refractivity contribution is 5.79. The SMILES string of the molecule is COc1ccc([C@H](OC)[C@H](C)NC(=O)Cc2c(C)nc3cc[nH]n3c2=O)cc1. The van der Waals surface area contributed by atoms with Crippen LogP contribution in [0.15, 0.2) is 41.3 Å². The van der Waals surface area contributed by atoms with Crippen molar-refractivity contribution in [1.82, 2.24) is 19.9 Å². The van der Waals surface area contributed by atoms with E-state index in [0.717, 1.165) is 11.3 Å². The molecule has 0 saturated carbocycles. The second-order valence-electron chi connectivity index (χ2n) is 6.60. The lowest BCUT2D eigenvalue weighted by Crippen LogP contribution is -2.39. The summed E-state index contributed by atoms with van der Waals surface area (Å²) in [4.78, 5) is 29.5. The Bertz CT molecular complexity index is 1020. The highest BCUT2D eigenvalue weighted by Crippen LogP contribution is 2.23. The van der Waals surface area contributed by atoms with Crippen molar-refractivity contribution in [3.05, 3.63) is 63.7 Å². The molecule has 8 nitrogen and oxygen atoms in total. The fourth-order valence-electron chi connectivity index (χ4n) is 3.27. The zero-order chi connectivity index (χ0) is 20.3. The van der Waals surface area contributed by atoms with E-state index in [1.807, 2.05) is 31.2 Å². The van der Waals surface area contributed by atoms with E-state index in [0.29, 0.717) is 16.9 Å². The van der Waals surface area contributed by atoms with Crippen LogP contribution in [0.25, 0.3) is 5.65 Å². The van der Waals surface area contributed by atoms with Crippen molar-refractivity contribution in [2.75, 3.05) is 14.2 Å². The molecule has 8 heteroatoms. The van der Waals surface area contributed by atoms with Crippen LogP contribution < -0.4 is 15.6 Å². The van der Waals surface area contributed by atoms with Crippen molar-refractivity contribution in [2.24, 2.45) is 0 Å². The van der Waals surface area contributed by atoms with E-state index >= 15 is 0 Å². The molecule has 0 radical (unpaired) electrons. The smallest absolute Gasteiger partial charge is 0.276 e. The van der Waals surface area contributed by atoms with Crippen LogP contribution in [0.2, 0.25) is 0 Å². The maximum absolute atomic E-state index is 12.6. The second-order valence-corrected chi connectivity index (χ2v) is 6.60. The van der Waals surface area contributed by atoms with E-state index in [1.54, 1.807) is 33.4 Å². The molecule has 0 aliphatic carbocycles. The topological polar surface area (TPSA) is 97.7 Å². The maximum atomic E-state index is 12.6. The Morgan fingerprint density at radius 1 is 1.25 bits per heavy atom. The van der Waals surface area contributed by atoms with Crippen LogP contribution in [0.4, 0.5) is 0 Å². The number of aryl methyl sites for hydroxylation is 1. The van der Waals surface area contributed by atoms with Crippen LogP contribution in [0.1, 0.15) is 29.8 Å². The molecule has 2 atom stereocenters. The van der Waals surface area contributed by atoms with Crippen LogP contribution in [-0.4, -0.2) is 40.8 Å². The van der Waals surface area contributed by atoms with Gasteiger partial charge in [-0.25, -0.2) is 9.50 Å². The fraction of sp³-hybridized carbons (Fsp3) is 0.350. The molecule has 3 rings (SSSR count). The van der Waals surface area contributed by atoms with Gasteiger partial charge in [-0.15, -0.1) is 0 Å². The Morgan fingerprint density at radius 3 is 2.61 bits per heavy atom. The Balaban J connectivity index is 1.73. The van der Waals surface area contributed by atoms with E-state index in [-0.39, 0.29) is 30.0 Å². The van der Waals surface area contributed by atoms with Gasteiger partial charge in [0, 0.05) is 30.6 Å². The molecule has 2 heterocycles. The molecule has 2 aromatic heterocycles. The van der Waals surface area contributed by atoms with Gasteiger partial charge in [0.05, 0.1) is 19.6 Å². The van der Waals surface area contributed by atoms with Gasteiger partial charge in [-0.05, 0) is 31.5 Å². The van der Waals surface area contributed by atoms with Crippen LogP contribution in [0, 0.1) is 6.92 Å². The summed E-state index contributed by atoms with van der Waals surface area (Å²) in [6, 6.07) is 8.90. The first-order valence-corrected chi connectivity index (χ1v) is 8.96. The quantitative estimate of drug-likeness (QED) is 0.647. The van der Waals surface area contributed by atoms with E-state index in [1.165, 1.54) is 4.52 Å². The third-order valence-corrected chi connectivity index (χ3v) is 4.72. The van der Waals surface area contributed by atoms with Gasteiger partial charge in [-0.1, -0.05) is 12.1 Å². The van der Waals surface area contributed by atoms with E-state index in [4.69, 9.17) is 9.47 Å². The Kier molecular flexibility index (Phi) is 5.79. The third-order valence-electron chi connectivity index (χ3n) is 4.72. The monoisotopic (exact) mass is 384 g/mol. The Hall–Kier alpha value is -3.13. The van der Waals surface area contributed by atoms with Crippen LogP contribution in [-0.2, 0) is 16.0 Å². The summed E-state index contributed by atoms with van der Waals surface area (Å²) in [5.41, 5.74) is 2.09. The molecule has 0 aliphatic heterocycles. The highest BCUT2D eigenvalue weighted by atomic mass is 16.5. The lowest BCUT2D eigenvalue weighted by atomic mass is 10.0. The number of H-pyrrole nitrogens is 1. The van der Waals surface area contributed by atoms with Gasteiger partial charge < -0.3 is 14.8 Å². The molecule has 3 aromatic rings. The average Bonchev–Trinajstić information content (AvgIpc) is 3.14. The minimum Gasteiger partial charge on any atom is -0.497 e. The number of nitrogens with one attached hydrogen (secondary N) is 2. The van der Waals surface area contributed by atoms with Gasteiger partial charge >= 0.3 is 0 Å². The summed E-state index contributed by atoms with van der Waals surface area (Å²) in [7, 11) is 3.20. The fourth-order valence-corrected chi connectivity index (χ4v) is 3.27. The molecular formula is C20H24N4O4. The number of carbonyl (C=O) groups excluding carboxylic acids is 1. The van der Waals surface area contributed by atoms with Crippen LogP contribution in [0.3, 0.4) is 0 Å². The largest absolute Gasteiger partial charge is 0.497 e. The number of ether oxygens (including phenoxy) is 2. The number of hydrogen-bond acceptors (Lipinski definition) is 5. The molecule has 2 N–H and O–H groups in total. The van der Waals surface area contributed by atoms with Crippen molar-refractivity contribution in [3.8, 4) is 5.75 Å². The molecule has 148 valence electrons. The summed E-state index contributed by atoms with van der Waals surface area (Å²) in [5.74, 6) is 0.481. The number of fused-ring (bicyclic) bond motifs is 1. The van der Waals surface area contributed by atoms with Crippen molar-refractivity contribution in [1.29, 1.82) is 0 Å². The number of carbonyl (C=O) groups is 1. The molecular weight excluding hydrogens is 360 g/mol. The van der Waals surface area contributed by atoms with Crippen LogP contribution in [0.5, 0.6) is 5.75 Å². The highest BCUT2D eigenvalue weighted by Gasteiger charge is 2.22. The first-order chi connectivity index (χ1) is 13.4. The van der Waals surface area contributed by atoms with E-state index < -0.39 is 0 Å². The van der Waals surface area contributed by atoms with Gasteiger partial charge in [-0.3, -0.25) is 14.7 Å². The van der Waals surface area contributed by atoms with Gasteiger partial charge in [0.15, 0.2) is 5.65 Å². The van der Waals surface area contributed by atoms with E-state index in [2.05, 4.69) is 15.4 Å². The average molecular weight is 384 g/mol. The normalized spacial score (nSPS) is 13.3. The first kappa shape index (κ1) is 19.6. The lowest BCUT2D eigenvalue weighted by molar-refractivity contribution is -0.122. The number of aromatic amines is 1. The standard InChI is InChI=1S/C20H24N4O4/c1-12-16(20(26)24-17(22-12)9-10-21-24)11-18(25)23-13(2)19(28-4)14-5-7-15(27-3)8-6-14/h5-10,13,19,21H,11H2,1-4H3,(H,23,25)/t13-,19+/m0/s1. The van der Waals surface area contributed by atoms with Crippen LogP contribution >= 0.6 is 0 Å². The molecule has 0 saturated heterocycles. The molecule has 0 bridgehead atoms. The predicted octanol–water partition coefficient (Wildman–Crippen LogP) is 1.77. The summed E-state index contributed by atoms with van der Waals surface area (Å²) < 4.78 is 12.1. The van der Waals surface area contributed by atoms with Gasteiger partial charge in [0.1, 0.15) is 11.9 Å². The number of nitrogens with zero attached hydrogens (tertiary/aromatic N) is 2. The number of amides is 1. The predicted molar refractivity (Wildman–Crippen MR) is 105 cm³/mol. The molecule has 0 unspecified atom stereocenters. The number of aromatic nitrogens is 3.